The summed E-state index contributed by atoms with van der Waals surface area (Å²) in [5.41, 5.74) is 3.31. The van der Waals surface area contributed by atoms with Gasteiger partial charge in [0.2, 0.25) is 0 Å². The summed E-state index contributed by atoms with van der Waals surface area (Å²) in [6, 6.07) is 18.0. The fraction of sp³-hybridized carbons (Fsp3) is 0.200. The molecule has 120 valence electrons. The van der Waals surface area contributed by atoms with E-state index < -0.39 is 0 Å². The minimum atomic E-state index is 0.0249. The van der Waals surface area contributed by atoms with E-state index in [9.17, 15) is 4.79 Å². The van der Waals surface area contributed by atoms with E-state index in [1.807, 2.05) is 52.3 Å². The summed E-state index contributed by atoms with van der Waals surface area (Å²) in [6.07, 6.45) is 6.43. The Morgan fingerprint density at radius 2 is 1.88 bits per heavy atom. The van der Waals surface area contributed by atoms with Crippen LogP contribution in [0, 0.1) is 0 Å². The molecule has 1 amide bonds. The van der Waals surface area contributed by atoms with Crippen molar-refractivity contribution in [1.82, 2.24) is 14.5 Å². The van der Waals surface area contributed by atoms with Crippen LogP contribution >= 0.6 is 0 Å². The van der Waals surface area contributed by atoms with Gasteiger partial charge in [-0.15, -0.1) is 0 Å². The van der Waals surface area contributed by atoms with Crippen LogP contribution in [-0.2, 0) is 13.0 Å². The van der Waals surface area contributed by atoms with Gasteiger partial charge < -0.3 is 9.47 Å². The van der Waals surface area contributed by atoms with Crippen molar-refractivity contribution in [2.75, 3.05) is 6.54 Å². The Morgan fingerprint density at radius 3 is 2.67 bits per heavy atom. The van der Waals surface area contributed by atoms with Gasteiger partial charge in [-0.05, 0) is 29.7 Å². The van der Waals surface area contributed by atoms with Gasteiger partial charge in [-0.1, -0.05) is 42.5 Å². The first-order valence-electron chi connectivity index (χ1n) is 8.22. The van der Waals surface area contributed by atoms with Crippen molar-refractivity contribution in [2.45, 2.75) is 19.0 Å². The number of carbonyl (C=O) groups is 1. The van der Waals surface area contributed by atoms with Gasteiger partial charge in [0, 0.05) is 31.0 Å². The van der Waals surface area contributed by atoms with Crippen LogP contribution in [0.4, 0.5) is 0 Å². The molecule has 4 nitrogen and oxygen atoms in total. The Hall–Kier alpha value is -2.88. The summed E-state index contributed by atoms with van der Waals surface area (Å²) in [4.78, 5) is 19.2. The molecule has 1 aliphatic heterocycles. The van der Waals surface area contributed by atoms with Gasteiger partial charge in [-0.2, -0.15) is 0 Å². The highest BCUT2D eigenvalue weighted by Crippen LogP contribution is 2.32. The quantitative estimate of drug-likeness (QED) is 0.743. The number of fused-ring (bicyclic) bond motifs is 1. The molecular formula is C20H19N3O. The molecule has 1 atom stereocenters. The van der Waals surface area contributed by atoms with Crippen molar-refractivity contribution < 1.29 is 4.79 Å². The number of nitrogens with zero attached hydrogens (tertiary/aromatic N) is 3. The minimum Gasteiger partial charge on any atom is -0.335 e. The molecule has 0 spiro atoms. The number of amides is 1. The molecule has 4 rings (SSSR count). The van der Waals surface area contributed by atoms with Crippen LogP contribution in [0.1, 0.15) is 27.5 Å². The Bertz CT molecular complexity index is 827. The molecular weight excluding hydrogens is 298 g/mol. The number of carbonyl (C=O) groups excluding carboxylic acids is 1. The molecule has 0 fully saturated rings. The zero-order valence-corrected chi connectivity index (χ0v) is 13.4. The van der Waals surface area contributed by atoms with Crippen molar-refractivity contribution in [1.29, 1.82) is 0 Å². The van der Waals surface area contributed by atoms with Crippen LogP contribution in [0.3, 0.4) is 0 Å². The standard InChI is InChI=1S/C20H19N3O/c24-20(17-7-2-1-3-8-17)23-12-10-16-6-4-5-9-18(16)19(23)14-22-13-11-21-15-22/h1-9,11,13,15,19H,10,12,14H2. The predicted octanol–water partition coefficient (Wildman–Crippen LogP) is 3.32. The van der Waals surface area contributed by atoms with Gasteiger partial charge in [0.25, 0.3) is 5.91 Å². The zero-order chi connectivity index (χ0) is 16.4. The highest BCUT2D eigenvalue weighted by Gasteiger charge is 2.31. The monoisotopic (exact) mass is 317 g/mol. The van der Waals surface area contributed by atoms with E-state index in [0.29, 0.717) is 0 Å². The fourth-order valence-electron chi connectivity index (χ4n) is 3.43. The van der Waals surface area contributed by atoms with E-state index in [-0.39, 0.29) is 11.9 Å². The highest BCUT2D eigenvalue weighted by atomic mass is 16.2. The maximum Gasteiger partial charge on any atom is 0.254 e. The molecule has 2 aromatic carbocycles. The summed E-state index contributed by atoms with van der Waals surface area (Å²) in [6.45, 7) is 1.46. The van der Waals surface area contributed by atoms with Crippen molar-refractivity contribution in [3.05, 3.63) is 90.0 Å². The smallest absolute Gasteiger partial charge is 0.254 e. The Morgan fingerprint density at radius 1 is 1.08 bits per heavy atom. The van der Waals surface area contributed by atoms with Gasteiger partial charge in [0.15, 0.2) is 0 Å². The summed E-state index contributed by atoms with van der Waals surface area (Å²) < 4.78 is 2.04. The third-order valence-electron chi connectivity index (χ3n) is 4.64. The first-order chi connectivity index (χ1) is 11.8. The minimum absolute atomic E-state index is 0.0249. The van der Waals surface area contributed by atoms with Crippen LogP contribution in [0.5, 0.6) is 0 Å². The van der Waals surface area contributed by atoms with Gasteiger partial charge in [0.05, 0.1) is 12.4 Å². The largest absolute Gasteiger partial charge is 0.335 e. The Labute approximate surface area is 141 Å². The topological polar surface area (TPSA) is 38.1 Å². The number of hydrogen-bond donors (Lipinski definition) is 0. The molecule has 1 aliphatic rings. The van der Waals surface area contributed by atoms with Crippen molar-refractivity contribution in [3.8, 4) is 0 Å². The number of rotatable bonds is 3. The van der Waals surface area contributed by atoms with Gasteiger partial charge in [-0.3, -0.25) is 4.79 Å². The fourth-order valence-corrected chi connectivity index (χ4v) is 3.43. The number of aromatic nitrogens is 2. The third kappa shape index (κ3) is 2.71. The molecule has 0 radical (unpaired) electrons. The second kappa shape index (κ2) is 6.32. The van der Waals surface area contributed by atoms with Crippen LogP contribution in [0.25, 0.3) is 0 Å². The van der Waals surface area contributed by atoms with Gasteiger partial charge in [-0.25, -0.2) is 4.98 Å². The summed E-state index contributed by atoms with van der Waals surface area (Å²) >= 11 is 0. The molecule has 0 N–H and O–H groups in total. The zero-order valence-electron chi connectivity index (χ0n) is 13.4. The summed E-state index contributed by atoms with van der Waals surface area (Å²) in [5.74, 6) is 0.0928. The normalized spacial score (nSPS) is 16.7. The first-order valence-corrected chi connectivity index (χ1v) is 8.22. The maximum absolute atomic E-state index is 13.0. The van der Waals surface area contributed by atoms with Crippen LogP contribution in [0.2, 0.25) is 0 Å². The van der Waals surface area contributed by atoms with Gasteiger partial charge in [0.1, 0.15) is 0 Å². The third-order valence-corrected chi connectivity index (χ3v) is 4.64. The number of imidazole rings is 1. The summed E-state index contributed by atoms with van der Waals surface area (Å²) in [7, 11) is 0. The van der Waals surface area contributed by atoms with E-state index in [1.165, 1.54) is 11.1 Å². The molecule has 0 aliphatic carbocycles. The molecule has 3 aromatic rings. The van der Waals surface area contributed by atoms with E-state index >= 15 is 0 Å². The number of hydrogen-bond acceptors (Lipinski definition) is 2. The Balaban J connectivity index is 1.71. The Kier molecular flexibility index (Phi) is 3.87. The SMILES string of the molecule is O=C(c1ccccc1)N1CCc2ccccc2C1Cn1ccnc1. The van der Waals surface area contributed by atoms with Crippen molar-refractivity contribution >= 4 is 5.91 Å². The first kappa shape index (κ1) is 14.7. The molecule has 4 heteroatoms. The van der Waals surface area contributed by atoms with Crippen LogP contribution < -0.4 is 0 Å². The molecule has 24 heavy (non-hydrogen) atoms. The van der Waals surface area contributed by atoms with Crippen molar-refractivity contribution in [2.24, 2.45) is 0 Å². The second-order valence-electron chi connectivity index (χ2n) is 6.09. The van der Waals surface area contributed by atoms with Crippen molar-refractivity contribution in [3.63, 3.8) is 0 Å². The van der Waals surface area contributed by atoms with E-state index in [1.54, 1.807) is 6.20 Å². The predicted molar refractivity (Wildman–Crippen MR) is 92.6 cm³/mol. The average molecular weight is 317 g/mol. The average Bonchev–Trinajstić information content (AvgIpc) is 3.15. The summed E-state index contributed by atoms with van der Waals surface area (Å²) in [5, 5.41) is 0. The molecule has 0 saturated heterocycles. The second-order valence-corrected chi connectivity index (χ2v) is 6.09. The lowest BCUT2D eigenvalue weighted by Gasteiger charge is -2.37. The molecule has 1 unspecified atom stereocenters. The molecule has 1 aromatic heterocycles. The molecule has 2 heterocycles. The van der Waals surface area contributed by atoms with E-state index in [2.05, 4.69) is 29.2 Å². The number of benzene rings is 2. The molecule has 0 bridgehead atoms. The molecule has 0 saturated carbocycles. The highest BCUT2D eigenvalue weighted by molar-refractivity contribution is 5.94. The lowest BCUT2D eigenvalue weighted by molar-refractivity contribution is 0.0640. The maximum atomic E-state index is 13.0. The van der Waals surface area contributed by atoms with Crippen LogP contribution in [-0.4, -0.2) is 26.9 Å². The lowest BCUT2D eigenvalue weighted by atomic mass is 9.92. The van der Waals surface area contributed by atoms with Gasteiger partial charge >= 0.3 is 0 Å². The van der Waals surface area contributed by atoms with Crippen LogP contribution in [0.15, 0.2) is 73.3 Å². The lowest BCUT2D eigenvalue weighted by Crippen LogP contribution is -2.41. The van der Waals surface area contributed by atoms with E-state index in [0.717, 1.165) is 25.1 Å². The van der Waals surface area contributed by atoms with E-state index in [4.69, 9.17) is 0 Å².